The Labute approximate surface area is 256 Å². The molecule has 3 aliphatic heterocycles. The summed E-state index contributed by atoms with van der Waals surface area (Å²) in [4.78, 5) is 44.3. The topological polar surface area (TPSA) is 60.9 Å². The fourth-order valence-corrected chi connectivity index (χ4v) is 11.5. The van der Waals surface area contributed by atoms with Crippen molar-refractivity contribution in [1.29, 1.82) is 0 Å². The van der Waals surface area contributed by atoms with E-state index in [1.165, 1.54) is 84.8 Å². The highest BCUT2D eigenvalue weighted by atomic mass is 32.1. The maximum Gasteiger partial charge on any atom is 0.333 e. The van der Waals surface area contributed by atoms with E-state index in [2.05, 4.69) is 67.3 Å². The SMILES string of the molecule is CN1C(=O)C(=Cc2cc3c(s2)N2c4ccccc4C(C)(C)c4cccc(c42)C32C3CC4CC(C3)CC2C4)C(=O)N(C)C1=O. The predicted octanol–water partition coefficient (Wildman–Crippen LogP) is 7.35. The molecule has 0 unspecified atom stereocenters. The summed E-state index contributed by atoms with van der Waals surface area (Å²) in [5.74, 6) is 1.73. The van der Waals surface area contributed by atoms with E-state index in [0.717, 1.165) is 26.5 Å². The highest BCUT2D eigenvalue weighted by Gasteiger charge is 2.63. The molecule has 0 atom stereocenters. The number of rotatable bonds is 1. The van der Waals surface area contributed by atoms with Crippen molar-refractivity contribution in [2.75, 3.05) is 19.0 Å². The van der Waals surface area contributed by atoms with Gasteiger partial charge >= 0.3 is 6.03 Å². The van der Waals surface area contributed by atoms with Gasteiger partial charge in [0, 0.05) is 29.8 Å². The Morgan fingerprint density at radius 1 is 0.767 bits per heavy atom. The van der Waals surface area contributed by atoms with E-state index in [1.54, 1.807) is 17.4 Å². The number of thiophene rings is 1. The Hall–Kier alpha value is -3.71. The Balaban J connectivity index is 1.33. The fraction of sp³-hybridized carbons (Fsp3) is 0.417. The second-order valence-corrected chi connectivity index (χ2v) is 15.4. The Bertz CT molecular complexity index is 1780. The largest absolute Gasteiger partial charge is 0.333 e. The second-order valence-electron chi connectivity index (χ2n) is 14.3. The number of imide groups is 2. The van der Waals surface area contributed by atoms with Crippen LogP contribution in [0.3, 0.4) is 0 Å². The monoisotopic (exact) mass is 589 g/mol. The first-order chi connectivity index (χ1) is 20.6. The average molecular weight is 590 g/mol. The number of barbiturate groups is 1. The molecule has 4 bridgehead atoms. The van der Waals surface area contributed by atoms with Gasteiger partial charge in [0.15, 0.2) is 0 Å². The van der Waals surface area contributed by atoms with Gasteiger partial charge < -0.3 is 4.90 Å². The van der Waals surface area contributed by atoms with Crippen LogP contribution in [0.5, 0.6) is 0 Å². The third-order valence-corrected chi connectivity index (χ3v) is 13.0. The van der Waals surface area contributed by atoms with Gasteiger partial charge in [-0.25, -0.2) is 4.79 Å². The molecule has 4 aliphatic carbocycles. The van der Waals surface area contributed by atoms with Crippen LogP contribution < -0.4 is 4.90 Å². The quantitative estimate of drug-likeness (QED) is 0.220. The normalized spacial score (nSPS) is 31.0. The molecule has 7 heteroatoms. The van der Waals surface area contributed by atoms with E-state index < -0.39 is 17.8 Å². The lowest BCUT2D eigenvalue weighted by Gasteiger charge is -2.64. The molecule has 4 amide bonds. The zero-order valence-electron chi connectivity index (χ0n) is 25.0. The maximum atomic E-state index is 13.2. The number of hydrogen-bond donors (Lipinski definition) is 0. The van der Waals surface area contributed by atoms with E-state index in [-0.39, 0.29) is 16.4 Å². The van der Waals surface area contributed by atoms with Gasteiger partial charge in [0.05, 0.1) is 11.4 Å². The lowest BCUT2D eigenvalue weighted by atomic mass is 9.41. The van der Waals surface area contributed by atoms with Crippen molar-refractivity contribution in [1.82, 2.24) is 9.80 Å². The third-order valence-electron chi connectivity index (χ3n) is 11.9. The molecule has 3 aromatic rings. The minimum absolute atomic E-state index is 0.0423. The molecule has 6 nitrogen and oxygen atoms in total. The number of likely N-dealkylation sites (N-methyl/N-ethyl adjacent to an activating group) is 2. The van der Waals surface area contributed by atoms with Crippen molar-refractivity contribution in [3.8, 4) is 0 Å². The molecule has 2 aromatic carbocycles. The maximum absolute atomic E-state index is 13.2. The zero-order chi connectivity index (χ0) is 29.6. The predicted molar refractivity (Wildman–Crippen MR) is 168 cm³/mol. The number of amides is 4. The van der Waals surface area contributed by atoms with Crippen molar-refractivity contribution in [3.63, 3.8) is 0 Å². The summed E-state index contributed by atoms with van der Waals surface area (Å²) in [6.45, 7) is 4.72. The molecule has 1 spiro atoms. The van der Waals surface area contributed by atoms with Gasteiger partial charge in [-0.2, -0.15) is 0 Å². The standard InChI is InChI=1S/C36H35N3O3S/c1-35(2)25-8-5-6-11-29(25)39-30-26(35)9-7-10-27(30)36(21-13-19-12-20(15-21)16-22(36)14-19)28-18-23(43-33(28)39)17-24-31(40)37(3)34(42)38(4)32(24)41/h5-11,17-22H,12-16H2,1-4H3. The van der Waals surface area contributed by atoms with Gasteiger partial charge in [-0.05, 0) is 96.2 Å². The number of para-hydroxylation sites is 2. The van der Waals surface area contributed by atoms with Crippen LogP contribution in [0.1, 0.15) is 73.1 Å². The molecule has 4 heterocycles. The summed E-state index contributed by atoms with van der Waals surface area (Å²) in [5, 5.41) is 1.22. The summed E-state index contributed by atoms with van der Waals surface area (Å²) >= 11 is 1.68. The van der Waals surface area contributed by atoms with E-state index in [4.69, 9.17) is 0 Å². The smallest absolute Gasteiger partial charge is 0.301 e. The number of hydrogen-bond acceptors (Lipinski definition) is 5. The Morgan fingerprint density at radius 2 is 1.37 bits per heavy atom. The summed E-state index contributed by atoms with van der Waals surface area (Å²) in [7, 11) is 2.88. The first kappa shape index (κ1) is 25.8. The number of nitrogens with zero attached hydrogens (tertiary/aromatic N) is 3. The van der Waals surface area contributed by atoms with Gasteiger partial charge in [0.25, 0.3) is 11.8 Å². The first-order valence-corrected chi connectivity index (χ1v) is 16.4. The molecule has 10 rings (SSSR count). The number of anilines is 3. The van der Waals surface area contributed by atoms with Crippen molar-refractivity contribution >= 4 is 51.6 Å². The molecule has 5 fully saturated rings. The van der Waals surface area contributed by atoms with Crippen molar-refractivity contribution < 1.29 is 14.4 Å². The number of urea groups is 1. The third kappa shape index (κ3) is 3.02. The first-order valence-electron chi connectivity index (χ1n) is 15.6. The van der Waals surface area contributed by atoms with Gasteiger partial charge in [-0.15, -0.1) is 11.3 Å². The summed E-state index contributed by atoms with van der Waals surface area (Å²) in [6, 6.07) is 17.5. The lowest BCUT2D eigenvalue weighted by molar-refractivity contribution is -0.134. The molecular formula is C36H35N3O3S. The van der Waals surface area contributed by atoms with Crippen LogP contribution in [0.4, 0.5) is 21.2 Å². The molecule has 43 heavy (non-hydrogen) atoms. The molecule has 218 valence electrons. The molecular weight excluding hydrogens is 554 g/mol. The number of carbonyl (C=O) groups is 3. The molecule has 1 aromatic heterocycles. The number of benzene rings is 2. The lowest BCUT2D eigenvalue weighted by Crippen LogP contribution is -2.58. The molecule has 7 aliphatic rings. The number of carbonyl (C=O) groups excluding carboxylic acids is 3. The van der Waals surface area contributed by atoms with Gasteiger partial charge in [-0.3, -0.25) is 19.4 Å². The summed E-state index contributed by atoms with van der Waals surface area (Å²) < 4.78 is 0. The van der Waals surface area contributed by atoms with Gasteiger partial charge in [0.2, 0.25) is 0 Å². The van der Waals surface area contributed by atoms with E-state index >= 15 is 0 Å². The molecule has 0 N–H and O–H groups in total. The van der Waals surface area contributed by atoms with Crippen LogP contribution >= 0.6 is 11.3 Å². The van der Waals surface area contributed by atoms with Gasteiger partial charge in [0.1, 0.15) is 10.6 Å². The van der Waals surface area contributed by atoms with E-state index in [0.29, 0.717) is 11.8 Å². The van der Waals surface area contributed by atoms with Crippen molar-refractivity contribution in [2.24, 2.45) is 23.7 Å². The van der Waals surface area contributed by atoms with Crippen LogP contribution in [0.2, 0.25) is 0 Å². The van der Waals surface area contributed by atoms with E-state index in [9.17, 15) is 14.4 Å². The zero-order valence-corrected chi connectivity index (χ0v) is 25.8. The minimum atomic E-state index is -0.597. The highest BCUT2D eigenvalue weighted by Crippen LogP contribution is 2.72. The Morgan fingerprint density at radius 3 is 2.05 bits per heavy atom. The van der Waals surface area contributed by atoms with Crippen LogP contribution in [-0.2, 0) is 20.4 Å². The molecule has 1 saturated heterocycles. The molecule has 0 radical (unpaired) electrons. The van der Waals surface area contributed by atoms with Crippen molar-refractivity contribution in [2.45, 2.75) is 56.8 Å². The van der Waals surface area contributed by atoms with Crippen LogP contribution in [-0.4, -0.2) is 41.7 Å². The van der Waals surface area contributed by atoms with Crippen LogP contribution in [0.25, 0.3) is 6.08 Å². The summed E-state index contributed by atoms with van der Waals surface area (Å²) in [5.41, 5.74) is 7.89. The van der Waals surface area contributed by atoms with E-state index in [1.807, 2.05) is 0 Å². The van der Waals surface area contributed by atoms with Crippen LogP contribution in [0.15, 0.2) is 54.1 Å². The second kappa shape index (κ2) is 8.26. The van der Waals surface area contributed by atoms with Crippen LogP contribution in [0, 0.1) is 23.7 Å². The fourth-order valence-electron chi connectivity index (χ4n) is 10.3. The number of fused-ring (bicyclic) bond motifs is 4. The Kier molecular flexibility index (Phi) is 4.95. The average Bonchev–Trinajstić information content (AvgIpc) is 3.42. The molecule has 4 saturated carbocycles. The minimum Gasteiger partial charge on any atom is -0.301 e. The highest BCUT2D eigenvalue weighted by molar-refractivity contribution is 7.17. The van der Waals surface area contributed by atoms with Gasteiger partial charge in [-0.1, -0.05) is 50.2 Å². The van der Waals surface area contributed by atoms with Crippen molar-refractivity contribution in [3.05, 3.63) is 81.2 Å². The summed E-state index contributed by atoms with van der Waals surface area (Å²) in [6.07, 6.45) is 8.23.